The molecule has 2 unspecified atom stereocenters. The summed E-state index contributed by atoms with van der Waals surface area (Å²) in [6.45, 7) is 5.71. The fourth-order valence-electron chi connectivity index (χ4n) is 3.08. The molecule has 2 atom stereocenters. The molecular formula is C20H29N3O5. The van der Waals surface area contributed by atoms with E-state index in [1.807, 2.05) is 36.9 Å². The van der Waals surface area contributed by atoms with Gasteiger partial charge in [-0.05, 0) is 44.7 Å². The summed E-state index contributed by atoms with van der Waals surface area (Å²) < 4.78 is 0. The average molecular weight is 391 g/mol. The van der Waals surface area contributed by atoms with E-state index in [-0.39, 0.29) is 24.9 Å². The minimum atomic E-state index is -1.34. The van der Waals surface area contributed by atoms with Crippen LogP contribution in [0.1, 0.15) is 37.3 Å². The fourth-order valence-corrected chi connectivity index (χ4v) is 3.08. The largest absolute Gasteiger partial charge is 0.480 e. The van der Waals surface area contributed by atoms with E-state index in [9.17, 15) is 19.5 Å². The second-order valence-electron chi connectivity index (χ2n) is 7.39. The first kappa shape index (κ1) is 21.8. The van der Waals surface area contributed by atoms with Gasteiger partial charge in [-0.2, -0.15) is 0 Å². The summed E-state index contributed by atoms with van der Waals surface area (Å²) in [5.41, 5.74) is 2.79. The Morgan fingerprint density at radius 1 is 1.18 bits per heavy atom. The van der Waals surface area contributed by atoms with E-state index in [1.165, 1.54) is 6.92 Å². The maximum absolute atomic E-state index is 12.5. The molecule has 2 rings (SSSR count). The minimum Gasteiger partial charge on any atom is -0.480 e. The first-order valence-electron chi connectivity index (χ1n) is 9.49. The third kappa shape index (κ3) is 6.31. The number of nitrogens with zero attached hydrogens (tertiary/aromatic N) is 1. The van der Waals surface area contributed by atoms with Crippen molar-refractivity contribution in [1.82, 2.24) is 10.2 Å². The Balaban J connectivity index is 1.89. The third-order valence-corrected chi connectivity index (χ3v) is 4.85. The van der Waals surface area contributed by atoms with Crippen LogP contribution in [0.2, 0.25) is 0 Å². The summed E-state index contributed by atoms with van der Waals surface area (Å²) >= 11 is 0. The molecule has 1 saturated carbocycles. The molecule has 0 aliphatic heterocycles. The minimum absolute atomic E-state index is 0.0592. The van der Waals surface area contributed by atoms with Crippen LogP contribution in [-0.4, -0.2) is 64.2 Å². The summed E-state index contributed by atoms with van der Waals surface area (Å²) in [7, 11) is 0. The normalized spacial score (nSPS) is 15.8. The van der Waals surface area contributed by atoms with Gasteiger partial charge in [0, 0.05) is 24.7 Å². The number of benzene rings is 1. The van der Waals surface area contributed by atoms with Gasteiger partial charge in [0.1, 0.15) is 0 Å². The van der Waals surface area contributed by atoms with E-state index >= 15 is 0 Å². The number of rotatable bonds is 10. The van der Waals surface area contributed by atoms with Crippen molar-refractivity contribution >= 4 is 23.5 Å². The Labute approximate surface area is 164 Å². The van der Waals surface area contributed by atoms with Crippen LogP contribution >= 0.6 is 0 Å². The maximum Gasteiger partial charge on any atom is 0.328 e. The summed E-state index contributed by atoms with van der Waals surface area (Å²) in [6, 6.07) is 4.74. The Morgan fingerprint density at radius 2 is 1.79 bits per heavy atom. The lowest BCUT2D eigenvalue weighted by atomic mass is 10.1. The predicted octanol–water partition coefficient (Wildman–Crippen LogP) is 1.05. The van der Waals surface area contributed by atoms with Crippen LogP contribution in [-0.2, 0) is 14.4 Å². The van der Waals surface area contributed by atoms with Gasteiger partial charge >= 0.3 is 5.97 Å². The lowest BCUT2D eigenvalue weighted by Crippen LogP contribution is -2.48. The summed E-state index contributed by atoms with van der Waals surface area (Å²) in [6.07, 6.45) is 0.820. The SMILES string of the molecule is Cc1cccc(C)c1NC(=O)CN(CCC(=O)NC(C(=O)O)C(C)O)C1CC1. The van der Waals surface area contributed by atoms with Gasteiger partial charge in [0.25, 0.3) is 0 Å². The standard InChI is InChI=1S/C20H29N3O5/c1-12-5-4-6-13(2)18(12)22-17(26)11-23(15-7-8-15)10-9-16(25)21-19(14(3)24)20(27)28/h4-6,14-15,19,24H,7-11H2,1-3H3,(H,21,25)(H,22,26)(H,27,28). The van der Waals surface area contributed by atoms with Crippen molar-refractivity contribution in [3.63, 3.8) is 0 Å². The highest BCUT2D eigenvalue weighted by molar-refractivity contribution is 5.93. The Kier molecular flexibility index (Phi) is 7.53. The van der Waals surface area contributed by atoms with Crippen LogP contribution in [0.5, 0.6) is 0 Å². The summed E-state index contributed by atoms with van der Waals surface area (Å²) in [4.78, 5) is 37.6. The van der Waals surface area contributed by atoms with Crippen molar-refractivity contribution in [2.75, 3.05) is 18.4 Å². The topological polar surface area (TPSA) is 119 Å². The molecule has 1 fully saturated rings. The highest BCUT2D eigenvalue weighted by Gasteiger charge is 2.31. The van der Waals surface area contributed by atoms with Crippen LogP contribution in [0.15, 0.2) is 18.2 Å². The molecule has 28 heavy (non-hydrogen) atoms. The molecule has 0 radical (unpaired) electrons. The fraction of sp³-hybridized carbons (Fsp3) is 0.550. The summed E-state index contributed by atoms with van der Waals surface area (Å²) in [5.74, 6) is -1.89. The number of carbonyl (C=O) groups is 3. The molecule has 1 aliphatic carbocycles. The molecule has 0 aromatic heterocycles. The molecule has 1 aliphatic rings. The highest BCUT2D eigenvalue weighted by Crippen LogP contribution is 2.27. The van der Waals surface area contributed by atoms with Gasteiger partial charge in [0.2, 0.25) is 11.8 Å². The van der Waals surface area contributed by atoms with E-state index in [2.05, 4.69) is 10.6 Å². The number of carboxylic acids is 1. The first-order chi connectivity index (χ1) is 13.2. The zero-order chi connectivity index (χ0) is 20.8. The number of hydrogen-bond donors (Lipinski definition) is 4. The molecular weight excluding hydrogens is 362 g/mol. The molecule has 1 aromatic carbocycles. The number of amides is 2. The molecule has 8 nitrogen and oxygen atoms in total. The van der Waals surface area contributed by atoms with Crippen LogP contribution in [0, 0.1) is 13.8 Å². The third-order valence-electron chi connectivity index (χ3n) is 4.85. The monoisotopic (exact) mass is 391 g/mol. The van der Waals surface area contributed by atoms with Crippen molar-refractivity contribution in [1.29, 1.82) is 0 Å². The maximum atomic E-state index is 12.5. The van der Waals surface area contributed by atoms with Crippen molar-refractivity contribution in [3.8, 4) is 0 Å². The van der Waals surface area contributed by atoms with E-state index in [1.54, 1.807) is 0 Å². The lowest BCUT2D eigenvalue weighted by molar-refractivity contribution is -0.144. The predicted molar refractivity (Wildman–Crippen MR) is 105 cm³/mol. The van der Waals surface area contributed by atoms with E-state index < -0.39 is 24.0 Å². The number of aliphatic hydroxyl groups excluding tert-OH is 1. The number of carboxylic acid groups (broad SMARTS) is 1. The molecule has 0 heterocycles. The van der Waals surface area contributed by atoms with Crippen LogP contribution in [0.25, 0.3) is 0 Å². The Morgan fingerprint density at radius 3 is 2.29 bits per heavy atom. The second kappa shape index (κ2) is 9.66. The number of hydrogen-bond acceptors (Lipinski definition) is 5. The smallest absolute Gasteiger partial charge is 0.328 e. The molecule has 4 N–H and O–H groups in total. The average Bonchev–Trinajstić information content (AvgIpc) is 3.44. The van der Waals surface area contributed by atoms with Gasteiger partial charge in [0.05, 0.1) is 12.6 Å². The first-order valence-corrected chi connectivity index (χ1v) is 9.49. The molecule has 8 heteroatoms. The lowest BCUT2D eigenvalue weighted by Gasteiger charge is -2.23. The highest BCUT2D eigenvalue weighted by atomic mass is 16.4. The Hall–Kier alpha value is -2.45. The molecule has 154 valence electrons. The number of aryl methyl sites for hydroxylation is 2. The molecule has 2 amide bonds. The van der Waals surface area contributed by atoms with Crippen LogP contribution in [0.3, 0.4) is 0 Å². The van der Waals surface area contributed by atoms with Gasteiger partial charge in [-0.25, -0.2) is 4.79 Å². The quantitative estimate of drug-likeness (QED) is 0.473. The van der Waals surface area contributed by atoms with Crippen molar-refractivity contribution in [3.05, 3.63) is 29.3 Å². The van der Waals surface area contributed by atoms with Crippen molar-refractivity contribution in [2.45, 2.75) is 58.2 Å². The molecule has 0 spiro atoms. The van der Waals surface area contributed by atoms with Gasteiger partial charge in [-0.3, -0.25) is 14.5 Å². The number of aliphatic hydroxyl groups is 1. The van der Waals surface area contributed by atoms with Crippen molar-refractivity contribution in [2.24, 2.45) is 0 Å². The molecule has 1 aromatic rings. The van der Waals surface area contributed by atoms with Gasteiger partial charge in [-0.15, -0.1) is 0 Å². The van der Waals surface area contributed by atoms with Crippen LogP contribution < -0.4 is 10.6 Å². The van der Waals surface area contributed by atoms with Gasteiger partial charge in [-0.1, -0.05) is 18.2 Å². The number of carbonyl (C=O) groups excluding carboxylic acids is 2. The zero-order valence-corrected chi connectivity index (χ0v) is 16.6. The van der Waals surface area contributed by atoms with Gasteiger partial charge in [0.15, 0.2) is 6.04 Å². The van der Waals surface area contributed by atoms with Crippen LogP contribution in [0.4, 0.5) is 5.69 Å². The zero-order valence-electron chi connectivity index (χ0n) is 16.6. The van der Waals surface area contributed by atoms with Crippen molar-refractivity contribution < 1.29 is 24.6 Å². The van der Waals surface area contributed by atoms with Gasteiger partial charge < -0.3 is 20.8 Å². The summed E-state index contributed by atoms with van der Waals surface area (Å²) in [5, 5.41) is 23.8. The number of nitrogens with one attached hydrogen (secondary N) is 2. The number of anilines is 1. The van der Waals surface area contributed by atoms with E-state index in [0.29, 0.717) is 6.54 Å². The van der Waals surface area contributed by atoms with E-state index in [0.717, 1.165) is 29.7 Å². The van der Waals surface area contributed by atoms with E-state index in [4.69, 9.17) is 5.11 Å². The second-order valence-corrected chi connectivity index (χ2v) is 7.39. The number of para-hydroxylation sites is 1. The Bertz CT molecular complexity index is 710. The molecule has 0 saturated heterocycles. The number of aliphatic carboxylic acids is 1. The molecule has 0 bridgehead atoms.